The maximum Gasteiger partial charge on any atom is 0.119 e. The van der Waals surface area contributed by atoms with Gasteiger partial charge in [0.15, 0.2) is 0 Å². The van der Waals surface area contributed by atoms with Gasteiger partial charge in [0.05, 0.1) is 31.0 Å². The SMILES string of the molecule is Cc1ccc(C2CC(O)CC(CO)O2)cc1Cc1ccc(OC2CC2)cc1. The average Bonchev–Trinajstić information content (AvgIpc) is 3.48. The molecule has 1 saturated carbocycles. The lowest BCUT2D eigenvalue weighted by atomic mass is 9.92. The molecule has 0 bridgehead atoms. The standard InChI is InChI=1S/C23H28O4/c1-15-2-5-17(23-13-19(25)12-22(14-24)27-23)11-18(15)10-16-3-6-20(7-4-16)26-21-8-9-21/h2-7,11,19,21-25H,8-10,12-14H2,1H3. The van der Waals surface area contributed by atoms with Crippen LogP contribution in [0.3, 0.4) is 0 Å². The molecule has 1 aliphatic carbocycles. The maximum atomic E-state index is 10.1. The topological polar surface area (TPSA) is 58.9 Å². The highest BCUT2D eigenvalue weighted by Crippen LogP contribution is 2.33. The molecule has 2 aliphatic rings. The monoisotopic (exact) mass is 368 g/mol. The zero-order chi connectivity index (χ0) is 18.8. The van der Waals surface area contributed by atoms with E-state index in [-0.39, 0.29) is 18.8 Å². The zero-order valence-corrected chi connectivity index (χ0v) is 15.8. The predicted molar refractivity (Wildman–Crippen MR) is 104 cm³/mol. The molecule has 0 radical (unpaired) electrons. The van der Waals surface area contributed by atoms with Gasteiger partial charge in [-0.15, -0.1) is 0 Å². The van der Waals surface area contributed by atoms with Gasteiger partial charge in [0.2, 0.25) is 0 Å². The molecule has 2 fully saturated rings. The lowest BCUT2D eigenvalue weighted by Crippen LogP contribution is -2.33. The fourth-order valence-electron chi connectivity index (χ4n) is 3.69. The summed E-state index contributed by atoms with van der Waals surface area (Å²) in [7, 11) is 0. The fourth-order valence-corrected chi connectivity index (χ4v) is 3.69. The highest BCUT2D eigenvalue weighted by atomic mass is 16.5. The summed E-state index contributed by atoms with van der Waals surface area (Å²) in [6.45, 7) is 2.07. The second kappa shape index (κ2) is 8.01. The molecule has 0 spiro atoms. The number of rotatable bonds is 6. The Morgan fingerprint density at radius 2 is 1.85 bits per heavy atom. The highest BCUT2D eigenvalue weighted by molar-refractivity contribution is 5.38. The van der Waals surface area contributed by atoms with E-state index in [4.69, 9.17) is 9.47 Å². The Hall–Kier alpha value is -1.88. The van der Waals surface area contributed by atoms with E-state index in [9.17, 15) is 10.2 Å². The molecule has 27 heavy (non-hydrogen) atoms. The molecule has 0 aromatic heterocycles. The van der Waals surface area contributed by atoms with Crippen LogP contribution in [0.25, 0.3) is 0 Å². The summed E-state index contributed by atoms with van der Waals surface area (Å²) in [4.78, 5) is 0. The molecule has 144 valence electrons. The Morgan fingerprint density at radius 3 is 2.56 bits per heavy atom. The molecule has 3 atom stereocenters. The highest BCUT2D eigenvalue weighted by Gasteiger charge is 2.29. The number of aliphatic hydroxyl groups excluding tert-OH is 2. The van der Waals surface area contributed by atoms with Crippen molar-refractivity contribution in [2.75, 3.05) is 6.61 Å². The first-order valence-corrected chi connectivity index (χ1v) is 9.90. The average molecular weight is 368 g/mol. The van der Waals surface area contributed by atoms with Gasteiger partial charge in [-0.2, -0.15) is 0 Å². The molecule has 1 aliphatic heterocycles. The number of hydrogen-bond donors (Lipinski definition) is 2. The van der Waals surface area contributed by atoms with Gasteiger partial charge in [0.25, 0.3) is 0 Å². The number of ether oxygens (including phenoxy) is 2. The smallest absolute Gasteiger partial charge is 0.119 e. The second-order valence-electron chi connectivity index (χ2n) is 7.88. The molecule has 0 amide bonds. The number of aryl methyl sites for hydroxylation is 1. The molecule has 2 aromatic carbocycles. The van der Waals surface area contributed by atoms with Crippen LogP contribution < -0.4 is 4.74 Å². The van der Waals surface area contributed by atoms with Crippen molar-refractivity contribution in [1.29, 1.82) is 0 Å². The van der Waals surface area contributed by atoms with Crippen molar-refractivity contribution >= 4 is 0 Å². The third-order valence-corrected chi connectivity index (χ3v) is 5.47. The Labute approximate surface area is 160 Å². The largest absolute Gasteiger partial charge is 0.490 e. The molecule has 4 rings (SSSR count). The third kappa shape index (κ3) is 4.70. The van der Waals surface area contributed by atoms with Crippen LogP contribution in [0.4, 0.5) is 0 Å². The van der Waals surface area contributed by atoms with Crippen LogP contribution in [0.15, 0.2) is 42.5 Å². The van der Waals surface area contributed by atoms with E-state index in [0.29, 0.717) is 18.9 Å². The van der Waals surface area contributed by atoms with E-state index in [2.05, 4.69) is 49.4 Å². The fraction of sp³-hybridized carbons (Fsp3) is 0.478. The molecule has 1 heterocycles. The maximum absolute atomic E-state index is 10.1. The number of aliphatic hydroxyl groups is 2. The molecule has 2 aromatic rings. The molecular formula is C23H28O4. The van der Waals surface area contributed by atoms with Gasteiger partial charge >= 0.3 is 0 Å². The van der Waals surface area contributed by atoms with Gasteiger partial charge < -0.3 is 19.7 Å². The minimum atomic E-state index is -0.426. The van der Waals surface area contributed by atoms with Gasteiger partial charge in [-0.3, -0.25) is 0 Å². The van der Waals surface area contributed by atoms with Crippen molar-refractivity contribution in [3.05, 3.63) is 64.7 Å². The van der Waals surface area contributed by atoms with Gasteiger partial charge in [-0.1, -0.05) is 30.3 Å². The quantitative estimate of drug-likeness (QED) is 0.816. The summed E-state index contributed by atoms with van der Waals surface area (Å²) >= 11 is 0. The van der Waals surface area contributed by atoms with Crippen molar-refractivity contribution in [2.45, 2.75) is 63.4 Å². The van der Waals surface area contributed by atoms with E-state index in [1.165, 1.54) is 29.5 Å². The molecule has 1 saturated heterocycles. The van der Waals surface area contributed by atoms with Crippen molar-refractivity contribution < 1.29 is 19.7 Å². The molecular weight excluding hydrogens is 340 g/mol. The predicted octanol–water partition coefficient (Wildman–Crippen LogP) is 3.70. The Morgan fingerprint density at radius 1 is 1.07 bits per heavy atom. The van der Waals surface area contributed by atoms with Gasteiger partial charge in [0, 0.05) is 12.8 Å². The van der Waals surface area contributed by atoms with Crippen LogP contribution in [0.2, 0.25) is 0 Å². The van der Waals surface area contributed by atoms with E-state index in [1.54, 1.807) is 0 Å². The summed E-state index contributed by atoms with van der Waals surface area (Å²) < 4.78 is 11.8. The first-order valence-electron chi connectivity index (χ1n) is 9.90. The second-order valence-corrected chi connectivity index (χ2v) is 7.88. The normalized spacial score (nSPS) is 25.4. The summed E-state index contributed by atoms with van der Waals surface area (Å²) in [6.07, 6.45) is 3.80. The van der Waals surface area contributed by atoms with Crippen LogP contribution in [-0.4, -0.2) is 35.1 Å². The molecule has 3 unspecified atom stereocenters. The number of benzene rings is 2. The van der Waals surface area contributed by atoms with E-state index < -0.39 is 6.10 Å². The van der Waals surface area contributed by atoms with Gasteiger partial charge in [-0.25, -0.2) is 0 Å². The number of hydrogen-bond acceptors (Lipinski definition) is 4. The van der Waals surface area contributed by atoms with E-state index in [1.807, 2.05) is 0 Å². The van der Waals surface area contributed by atoms with Crippen molar-refractivity contribution in [3.8, 4) is 5.75 Å². The lowest BCUT2D eigenvalue weighted by molar-refractivity contribution is -0.113. The van der Waals surface area contributed by atoms with E-state index >= 15 is 0 Å². The molecule has 2 N–H and O–H groups in total. The first-order chi connectivity index (χ1) is 13.1. The van der Waals surface area contributed by atoms with E-state index in [0.717, 1.165) is 17.7 Å². The Bertz CT molecular complexity index is 766. The summed E-state index contributed by atoms with van der Waals surface area (Å²) in [5.41, 5.74) is 4.82. The van der Waals surface area contributed by atoms with Crippen molar-refractivity contribution in [3.63, 3.8) is 0 Å². The summed E-state index contributed by atoms with van der Waals surface area (Å²) in [5.74, 6) is 0.950. The summed E-state index contributed by atoms with van der Waals surface area (Å²) in [6, 6.07) is 14.7. The minimum absolute atomic E-state index is 0.0540. The van der Waals surface area contributed by atoms with Crippen molar-refractivity contribution in [2.24, 2.45) is 0 Å². The zero-order valence-electron chi connectivity index (χ0n) is 15.8. The van der Waals surface area contributed by atoms with Crippen LogP contribution in [0.5, 0.6) is 5.75 Å². The summed E-state index contributed by atoms with van der Waals surface area (Å²) in [5, 5.41) is 19.5. The molecule has 4 heteroatoms. The van der Waals surface area contributed by atoms with Gasteiger partial charge in [-0.05, 0) is 60.6 Å². The molecule has 4 nitrogen and oxygen atoms in total. The van der Waals surface area contributed by atoms with Crippen LogP contribution in [0.1, 0.15) is 54.0 Å². The van der Waals surface area contributed by atoms with Crippen LogP contribution in [-0.2, 0) is 11.2 Å². The third-order valence-electron chi connectivity index (χ3n) is 5.47. The van der Waals surface area contributed by atoms with Crippen molar-refractivity contribution in [1.82, 2.24) is 0 Å². The lowest BCUT2D eigenvalue weighted by Gasteiger charge is -2.32. The van der Waals surface area contributed by atoms with Gasteiger partial charge in [0.1, 0.15) is 5.75 Å². The Kier molecular flexibility index (Phi) is 5.48. The minimum Gasteiger partial charge on any atom is -0.490 e. The Balaban J connectivity index is 1.48. The van der Waals surface area contributed by atoms with Crippen LogP contribution in [0, 0.1) is 6.92 Å². The van der Waals surface area contributed by atoms with Crippen LogP contribution >= 0.6 is 0 Å². The first kappa shape index (κ1) is 18.5.